The van der Waals surface area contributed by atoms with Crippen LogP contribution in [0, 0.1) is 33.8 Å². The number of likely N-dealkylation sites (tertiary alicyclic amines) is 1. The Morgan fingerprint density at radius 2 is 2.06 bits per heavy atom. The van der Waals surface area contributed by atoms with E-state index in [9.17, 15) is 13.6 Å². The largest absolute Gasteiger partial charge is 0.485 e. The quantitative estimate of drug-likeness (QED) is 0.706. The van der Waals surface area contributed by atoms with Gasteiger partial charge in [-0.25, -0.2) is 18.7 Å². The molecule has 2 aromatic rings. The number of nitrogens with zero attached hydrogens (tertiary/aromatic N) is 4. The van der Waals surface area contributed by atoms with Crippen LogP contribution in [-0.4, -0.2) is 46.6 Å². The van der Waals surface area contributed by atoms with E-state index in [2.05, 4.69) is 9.97 Å². The van der Waals surface area contributed by atoms with Gasteiger partial charge in [0, 0.05) is 30.5 Å². The first-order chi connectivity index (χ1) is 14.9. The lowest BCUT2D eigenvalue weighted by Gasteiger charge is -2.69. The van der Waals surface area contributed by atoms with E-state index in [1.807, 2.05) is 6.07 Å². The molecule has 1 amide bonds. The number of carbonyl (C=O) groups is 1. The Bertz CT molecular complexity index is 1070. The van der Waals surface area contributed by atoms with Gasteiger partial charge in [0.15, 0.2) is 11.6 Å². The van der Waals surface area contributed by atoms with Gasteiger partial charge in [-0.15, -0.1) is 0 Å². The molecule has 160 valence electrons. The number of halogens is 2. The molecule has 1 aliphatic heterocycles. The number of nitriles is 1. The first kappa shape index (κ1) is 19.7. The van der Waals surface area contributed by atoms with E-state index in [-0.39, 0.29) is 34.3 Å². The number of amides is 1. The minimum Gasteiger partial charge on any atom is -0.485 e. The SMILES string of the molecule is N#Cc1cc(OCC23CC(C(=O)N4CC[C@@H](Oc5cc(F)ccc5F)C4)(C2)C3)ncn1. The van der Waals surface area contributed by atoms with Crippen molar-refractivity contribution in [2.24, 2.45) is 10.8 Å². The lowest BCUT2D eigenvalue weighted by atomic mass is 9.35. The van der Waals surface area contributed by atoms with Crippen LogP contribution in [0.15, 0.2) is 30.6 Å². The van der Waals surface area contributed by atoms with Crippen LogP contribution in [0.4, 0.5) is 8.78 Å². The Balaban J connectivity index is 1.13. The number of rotatable bonds is 6. The molecule has 1 aromatic carbocycles. The molecule has 4 fully saturated rings. The number of ether oxygens (including phenoxy) is 2. The fourth-order valence-electron chi connectivity index (χ4n) is 5.18. The van der Waals surface area contributed by atoms with Gasteiger partial charge in [0.1, 0.15) is 30.0 Å². The van der Waals surface area contributed by atoms with Gasteiger partial charge in [-0.1, -0.05) is 0 Å². The summed E-state index contributed by atoms with van der Waals surface area (Å²) in [6.45, 7) is 1.37. The topological polar surface area (TPSA) is 88.3 Å². The van der Waals surface area contributed by atoms with Crippen molar-refractivity contribution in [3.05, 3.63) is 47.9 Å². The Kier molecular flexibility index (Phi) is 4.54. The van der Waals surface area contributed by atoms with Gasteiger partial charge in [-0.3, -0.25) is 4.79 Å². The summed E-state index contributed by atoms with van der Waals surface area (Å²) in [6.07, 6.45) is 3.81. The molecule has 0 N–H and O–H groups in total. The molecule has 2 heterocycles. The zero-order chi connectivity index (χ0) is 21.6. The van der Waals surface area contributed by atoms with Gasteiger partial charge < -0.3 is 14.4 Å². The smallest absolute Gasteiger partial charge is 0.228 e. The second-order valence-electron chi connectivity index (χ2n) is 8.81. The molecule has 4 aliphatic rings. The number of carbonyl (C=O) groups excluding carboxylic acids is 1. The molecule has 0 spiro atoms. The lowest BCUT2D eigenvalue weighted by Crippen LogP contribution is -2.69. The van der Waals surface area contributed by atoms with Gasteiger partial charge in [-0.05, 0) is 31.4 Å². The van der Waals surface area contributed by atoms with Crippen molar-refractivity contribution in [3.63, 3.8) is 0 Å². The summed E-state index contributed by atoms with van der Waals surface area (Å²) in [5, 5.41) is 8.90. The minimum atomic E-state index is -0.613. The highest BCUT2D eigenvalue weighted by Gasteiger charge is 2.72. The molecule has 1 saturated heterocycles. The number of hydrogen-bond donors (Lipinski definition) is 0. The van der Waals surface area contributed by atoms with Crippen molar-refractivity contribution in [3.8, 4) is 17.7 Å². The molecule has 31 heavy (non-hydrogen) atoms. The van der Waals surface area contributed by atoms with Gasteiger partial charge in [0.05, 0.1) is 18.6 Å². The Morgan fingerprint density at radius 1 is 1.26 bits per heavy atom. The molecular formula is C22H20F2N4O3. The molecule has 6 rings (SSSR count). The highest BCUT2D eigenvalue weighted by molar-refractivity contribution is 5.86. The van der Waals surface area contributed by atoms with Crippen LogP contribution in [0.25, 0.3) is 0 Å². The van der Waals surface area contributed by atoms with Crippen LogP contribution in [0.3, 0.4) is 0 Å². The zero-order valence-corrected chi connectivity index (χ0v) is 16.7. The third kappa shape index (κ3) is 3.46. The highest BCUT2D eigenvalue weighted by atomic mass is 19.1. The van der Waals surface area contributed by atoms with Crippen molar-refractivity contribution in [2.75, 3.05) is 19.7 Å². The van der Waals surface area contributed by atoms with Crippen molar-refractivity contribution >= 4 is 5.91 Å². The number of aromatic nitrogens is 2. The van der Waals surface area contributed by atoms with Gasteiger partial charge in [-0.2, -0.15) is 5.26 Å². The van der Waals surface area contributed by atoms with Crippen LogP contribution in [0.1, 0.15) is 31.4 Å². The maximum atomic E-state index is 13.8. The van der Waals surface area contributed by atoms with Crippen molar-refractivity contribution in [2.45, 2.75) is 31.8 Å². The summed E-state index contributed by atoms with van der Waals surface area (Å²) in [4.78, 5) is 22.6. The van der Waals surface area contributed by atoms with Crippen molar-refractivity contribution in [1.29, 1.82) is 5.26 Å². The van der Waals surface area contributed by atoms with E-state index < -0.39 is 11.6 Å². The normalized spacial score (nSPS) is 28.3. The second kappa shape index (κ2) is 7.15. The van der Waals surface area contributed by atoms with E-state index >= 15 is 0 Å². The summed E-state index contributed by atoms with van der Waals surface area (Å²) in [6, 6.07) is 6.56. The summed E-state index contributed by atoms with van der Waals surface area (Å²) >= 11 is 0. The average Bonchev–Trinajstić information content (AvgIpc) is 3.17. The summed E-state index contributed by atoms with van der Waals surface area (Å²) in [5.41, 5.74) is -0.113. The van der Waals surface area contributed by atoms with Gasteiger partial charge in [0.25, 0.3) is 0 Å². The van der Waals surface area contributed by atoms with Gasteiger partial charge >= 0.3 is 0 Å². The molecule has 7 nitrogen and oxygen atoms in total. The molecule has 2 bridgehead atoms. The third-order valence-corrected chi connectivity index (χ3v) is 6.50. The fraction of sp³-hybridized carbons (Fsp3) is 0.455. The van der Waals surface area contributed by atoms with Crippen LogP contribution >= 0.6 is 0 Å². The molecule has 0 radical (unpaired) electrons. The predicted molar refractivity (Wildman–Crippen MR) is 103 cm³/mol. The van der Waals surface area contributed by atoms with E-state index in [1.54, 1.807) is 4.90 Å². The molecular weight excluding hydrogens is 406 g/mol. The van der Waals surface area contributed by atoms with Crippen LogP contribution in [0.5, 0.6) is 11.6 Å². The van der Waals surface area contributed by atoms with E-state index in [0.29, 0.717) is 32.0 Å². The number of hydrogen-bond acceptors (Lipinski definition) is 6. The maximum Gasteiger partial charge on any atom is 0.228 e. The zero-order valence-electron chi connectivity index (χ0n) is 16.7. The third-order valence-electron chi connectivity index (χ3n) is 6.50. The molecule has 1 aromatic heterocycles. The Labute approximate surface area is 177 Å². The Hall–Kier alpha value is -3.28. The summed E-state index contributed by atoms with van der Waals surface area (Å²) in [5.74, 6) is -0.826. The first-order valence-electron chi connectivity index (χ1n) is 10.2. The molecule has 1 atom stereocenters. The van der Waals surface area contributed by atoms with E-state index in [0.717, 1.165) is 37.5 Å². The lowest BCUT2D eigenvalue weighted by molar-refractivity contribution is -0.225. The fourth-order valence-corrected chi connectivity index (χ4v) is 5.18. The van der Waals surface area contributed by atoms with Crippen LogP contribution < -0.4 is 9.47 Å². The van der Waals surface area contributed by atoms with E-state index in [4.69, 9.17) is 14.7 Å². The molecule has 3 saturated carbocycles. The molecule has 3 aliphatic carbocycles. The predicted octanol–water partition coefficient (Wildman–Crippen LogP) is 2.86. The molecule has 9 heteroatoms. The Morgan fingerprint density at radius 3 is 2.84 bits per heavy atom. The summed E-state index contributed by atoms with van der Waals surface area (Å²) < 4.78 is 38.5. The standard InChI is InChI=1S/C22H20F2N4O3/c23-14-1-2-17(24)18(5-14)31-16-3-4-28(8-16)20(29)22-9-21(10-22,11-22)12-30-19-6-15(7-25)26-13-27-19/h1-2,5-6,13,16H,3-4,8-12H2/t16-,21?,22?/m1/s1. The second-order valence-corrected chi connectivity index (χ2v) is 8.81. The first-order valence-corrected chi connectivity index (χ1v) is 10.2. The molecule has 0 unspecified atom stereocenters. The minimum absolute atomic E-state index is 0.0201. The average molecular weight is 426 g/mol. The highest BCUT2D eigenvalue weighted by Crippen LogP contribution is 2.73. The number of benzene rings is 1. The van der Waals surface area contributed by atoms with Gasteiger partial charge in [0.2, 0.25) is 11.8 Å². The van der Waals surface area contributed by atoms with Crippen LogP contribution in [0.2, 0.25) is 0 Å². The van der Waals surface area contributed by atoms with Crippen LogP contribution in [-0.2, 0) is 4.79 Å². The monoisotopic (exact) mass is 426 g/mol. The summed E-state index contributed by atoms with van der Waals surface area (Å²) in [7, 11) is 0. The van der Waals surface area contributed by atoms with Crippen molar-refractivity contribution < 1.29 is 23.0 Å². The van der Waals surface area contributed by atoms with Crippen molar-refractivity contribution in [1.82, 2.24) is 14.9 Å². The van der Waals surface area contributed by atoms with E-state index in [1.165, 1.54) is 12.4 Å². The maximum absolute atomic E-state index is 13.8.